The molecule has 2 heterocycles. The number of carbonyl (C=O) groups excluding carboxylic acids is 1. The zero-order valence-corrected chi connectivity index (χ0v) is 18.8. The van der Waals surface area contributed by atoms with Gasteiger partial charge in [-0.1, -0.05) is 31.4 Å². The summed E-state index contributed by atoms with van der Waals surface area (Å²) < 4.78 is 21.3. The third-order valence-electron chi connectivity index (χ3n) is 7.09. The fourth-order valence-corrected chi connectivity index (χ4v) is 5.52. The van der Waals surface area contributed by atoms with Gasteiger partial charge < -0.3 is 9.30 Å². The first-order valence-electron chi connectivity index (χ1n) is 11.7. The Balaban J connectivity index is 1.66. The van der Waals surface area contributed by atoms with Crippen LogP contribution in [0.15, 0.2) is 36.4 Å². The zero-order chi connectivity index (χ0) is 22.2. The maximum Gasteiger partial charge on any atom is 0.414 e. The molecule has 32 heavy (non-hydrogen) atoms. The van der Waals surface area contributed by atoms with Crippen LogP contribution in [0.1, 0.15) is 68.4 Å². The standard InChI is InChI=1S/C26H30FN3O2/c1-17-11-12-21-22(29(17)26(31)32-2)13-14-23-25(21)28-24(16-18-7-6-8-19(27)15-18)30(23)20-9-4-3-5-10-20/h6-8,13-15,17,20H,3-5,9-12,16H2,1-2H3/t17-/m0/s1. The number of halogens is 1. The van der Waals surface area contributed by atoms with Crippen molar-refractivity contribution in [1.29, 1.82) is 0 Å². The molecule has 2 aliphatic rings. The van der Waals surface area contributed by atoms with Crippen LogP contribution in [0.2, 0.25) is 0 Å². The molecule has 5 nitrogen and oxygen atoms in total. The van der Waals surface area contributed by atoms with Gasteiger partial charge in [0, 0.05) is 24.1 Å². The van der Waals surface area contributed by atoms with Gasteiger partial charge in [0.1, 0.15) is 11.6 Å². The molecule has 1 atom stereocenters. The van der Waals surface area contributed by atoms with Gasteiger partial charge in [-0.3, -0.25) is 4.90 Å². The Kier molecular flexibility index (Phi) is 5.62. The number of hydrogen-bond acceptors (Lipinski definition) is 3. The minimum Gasteiger partial charge on any atom is -0.452 e. The number of ether oxygens (including phenoxy) is 1. The molecule has 168 valence electrons. The number of rotatable bonds is 3. The van der Waals surface area contributed by atoms with Crippen LogP contribution in [0.3, 0.4) is 0 Å². The van der Waals surface area contributed by atoms with Gasteiger partial charge in [0.05, 0.1) is 23.8 Å². The fourth-order valence-electron chi connectivity index (χ4n) is 5.52. The maximum atomic E-state index is 13.9. The predicted octanol–water partition coefficient (Wildman–Crippen LogP) is 6.18. The number of amides is 1. The monoisotopic (exact) mass is 435 g/mol. The van der Waals surface area contributed by atoms with Crippen molar-refractivity contribution in [3.05, 3.63) is 59.2 Å². The number of aromatic nitrogens is 2. The van der Waals surface area contributed by atoms with E-state index >= 15 is 0 Å². The second kappa shape index (κ2) is 8.57. The minimum absolute atomic E-state index is 0.0830. The SMILES string of the molecule is COC(=O)N1c2ccc3c(nc(Cc4cccc(F)c4)n3C3CCCCC3)c2CC[C@@H]1C. The number of aryl methyl sites for hydroxylation is 1. The Morgan fingerprint density at radius 1 is 1.16 bits per heavy atom. The number of carbonyl (C=O) groups is 1. The predicted molar refractivity (Wildman–Crippen MR) is 124 cm³/mol. The van der Waals surface area contributed by atoms with Crippen LogP contribution >= 0.6 is 0 Å². The Hall–Kier alpha value is -2.89. The molecule has 0 spiro atoms. The molecular weight excluding hydrogens is 405 g/mol. The summed E-state index contributed by atoms with van der Waals surface area (Å²) in [5, 5.41) is 0. The number of anilines is 1. The smallest absolute Gasteiger partial charge is 0.414 e. The van der Waals surface area contributed by atoms with Crippen LogP contribution in [0.4, 0.5) is 14.9 Å². The molecule has 1 aliphatic carbocycles. The van der Waals surface area contributed by atoms with Gasteiger partial charge in [-0.2, -0.15) is 0 Å². The number of methoxy groups -OCH3 is 1. The Morgan fingerprint density at radius 2 is 1.97 bits per heavy atom. The molecule has 0 saturated heterocycles. The van der Waals surface area contributed by atoms with Crippen molar-refractivity contribution in [3.8, 4) is 0 Å². The van der Waals surface area contributed by atoms with E-state index in [2.05, 4.69) is 23.6 Å². The van der Waals surface area contributed by atoms with Crippen LogP contribution in [-0.4, -0.2) is 28.8 Å². The van der Waals surface area contributed by atoms with Crippen molar-refractivity contribution >= 4 is 22.8 Å². The van der Waals surface area contributed by atoms with Crippen molar-refractivity contribution in [2.45, 2.75) is 70.4 Å². The summed E-state index contributed by atoms with van der Waals surface area (Å²) in [5.41, 5.74) is 5.03. The molecule has 6 heteroatoms. The lowest BCUT2D eigenvalue weighted by atomic mass is 9.94. The van der Waals surface area contributed by atoms with E-state index < -0.39 is 0 Å². The first-order chi connectivity index (χ1) is 15.6. The van der Waals surface area contributed by atoms with E-state index in [-0.39, 0.29) is 18.0 Å². The highest BCUT2D eigenvalue weighted by molar-refractivity contribution is 5.95. The first kappa shape index (κ1) is 21.0. The number of nitrogens with zero attached hydrogens (tertiary/aromatic N) is 3. The van der Waals surface area contributed by atoms with Crippen molar-refractivity contribution < 1.29 is 13.9 Å². The molecule has 0 N–H and O–H groups in total. The molecule has 1 fully saturated rings. The van der Waals surface area contributed by atoms with Crippen LogP contribution in [0, 0.1) is 5.82 Å². The molecule has 0 radical (unpaired) electrons. The average Bonchev–Trinajstić information content (AvgIpc) is 3.17. The lowest BCUT2D eigenvalue weighted by Crippen LogP contribution is -2.42. The normalized spacial score (nSPS) is 19.2. The second-order valence-corrected chi connectivity index (χ2v) is 9.16. The third kappa shape index (κ3) is 3.65. The highest BCUT2D eigenvalue weighted by atomic mass is 19.1. The average molecular weight is 436 g/mol. The van der Waals surface area contributed by atoms with E-state index in [0.29, 0.717) is 12.5 Å². The summed E-state index contributed by atoms with van der Waals surface area (Å²) in [4.78, 5) is 19.4. The summed E-state index contributed by atoms with van der Waals surface area (Å²) in [5.74, 6) is 0.761. The summed E-state index contributed by atoms with van der Waals surface area (Å²) in [7, 11) is 1.43. The fraction of sp³-hybridized carbons (Fsp3) is 0.462. The van der Waals surface area contributed by atoms with E-state index in [1.54, 1.807) is 17.0 Å². The summed E-state index contributed by atoms with van der Waals surface area (Å²) in [6.45, 7) is 2.06. The Morgan fingerprint density at radius 3 is 2.72 bits per heavy atom. The number of imidazole rings is 1. The topological polar surface area (TPSA) is 47.4 Å². The summed E-state index contributed by atoms with van der Waals surface area (Å²) >= 11 is 0. The first-order valence-corrected chi connectivity index (χ1v) is 11.7. The van der Waals surface area contributed by atoms with Gasteiger partial charge in [-0.25, -0.2) is 14.2 Å². The van der Waals surface area contributed by atoms with Gasteiger partial charge in [0.2, 0.25) is 0 Å². The van der Waals surface area contributed by atoms with Crippen LogP contribution < -0.4 is 4.90 Å². The van der Waals surface area contributed by atoms with Crippen LogP contribution in [0.5, 0.6) is 0 Å². The molecule has 1 aliphatic heterocycles. The summed E-state index contributed by atoms with van der Waals surface area (Å²) in [6.07, 6.45) is 8.03. The minimum atomic E-state index is -0.329. The molecular formula is C26H30FN3O2. The van der Waals surface area contributed by atoms with Gasteiger partial charge in [-0.15, -0.1) is 0 Å². The highest BCUT2D eigenvalue weighted by Crippen LogP contribution is 2.39. The number of hydrogen-bond donors (Lipinski definition) is 0. The van der Waals surface area contributed by atoms with Gasteiger partial charge in [-0.05, 0) is 62.4 Å². The second-order valence-electron chi connectivity index (χ2n) is 9.16. The highest BCUT2D eigenvalue weighted by Gasteiger charge is 2.32. The van der Waals surface area contributed by atoms with E-state index in [4.69, 9.17) is 9.72 Å². The van der Waals surface area contributed by atoms with Gasteiger partial charge >= 0.3 is 6.09 Å². The van der Waals surface area contributed by atoms with E-state index in [0.717, 1.165) is 59.4 Å². The van der Waals surface area contributed by atoms with Crippen molar-refractivity contribution in [3.63, 3.8) is 0 Å². The number of fused-ring (bicyclic) bond motifs is 3. The number of benzene rings is 2. The van der Waals surface area contributed by atoms with Crippen LogP contribution in [-0.2, 0) is 17.6 Å². The molecule has 0 unspecified atom stereocenters. The lowest BCUT2D eigenvalue weighted by molar-refractivity contribution is 0.175. The molecule has 2 aromatic carbocycles. The van der Waals surface area contributed by atoms with E-state index in [9.17, 15) is 9.18 Å². The molecule has 1 saturated carbocycles. The summed E-state index contributed by atoms with van der Waals surface area (Å²) in [6, 6.07) is 11.5. The van der Waals surface area contributed by atoms with Crippen molar-refractivity contribution in [2.24, 2.45) is 0 Å². The maximum absolute atomic E-state index is 13.9. The molecule has 1 amide bonds. The Labute approximate surface area is 188 Å². The van der Waals surface area contributed by atoms with Crippen molar-refractivity contribution in [2.75, 3.05) is 12.0 Å². The molecule has 5 rings (SSSR count). The quantitative estimate of drug-likeness (QED) is 0.494. The molecule has 3 aromatic rings. The van der Waals surface area contributed by atoms with Crippen molar-refractivity contribution in [1.82, 2.24) is 9.55 Å². The van der Waals surface area contributed by atoms with Crippen LogP contribution in [0.25, 0.3) is 11.0 Å². The molecule has 0 bridgehead atoms. The third-order valence-corrected chi connectivity index (χ3v) is 7.09. The van der Waals surface area contributed by atoms with Gasteiger partial charge in [0.25, 0.3) is 0 Å². The Bertz CT molecular complexity index is 1150. The van der Waals surface area contributed by atoms with Gasteiger partial charge in [0.15, 0.2) is 0 Å². The lowest BCUT2D eigenvalue weighted by Gasteiger charge is -2.34. The van der Waals surface area contributed by atoms with E-state index in [1.165, 1.54) is 32.4 Å². The molecule has 1 aromatic heterocycles. The largest absolute Gasteiger partial charge is 0.452 e. The zero-order valence-electron chi connectivity index (χ0n) is 18.8. The van der Waals surface area contributed by atoms with E-state index in [1.807, 2.05) is 6.07 Å².